The zero-order valence-electron chi connectivity index (χ0n) is 6.05. The Balaban J connectivity index is 2.46. The predicted molar refractivity (Wildman–Crippen MR) is 51.6 cm³/mol. The minimum atomic E-state index is 0.945. The number of rotatable bonds is 1. The number of alkyl halides is 1. The second-order valence-electron chi connectivity index (χ2n) is 2.58. The maximum atomic E-state index is 3.46. The molecule has 11 heavy (non-hydrogen) atoms. The molecule has 1 radical (unpaired) electrons. The molecule has 0 heterocycles. The molecule has 1 aromatic rings. The van der Waals surface area contributed by atoms with Gasteiger partial charge in [0.05, 0.1) is 0 Å². The summed E-state index contributed by atoms with van der Waals surface area (Å²) in [7, 11) is 0. The molecule has 0 N–H and O–H groups in total. The van der Waals surface area contributed by atoms with E-state index in [4.69, 9.17) is 0 Å². The molecule has 0 fully saturated rings. The monoisotopic (exact) mass is 207 g/mol. The molecule has 0 saturated carbocycles. The van der Waals surface area contributed by atoms with Crippen LogP contribution in [-0.2, 0) is 0 Å². The van der Waals surface area contributed by atoms with E-state index in [2.05, 4.69) is 52.3 Å². The number of allylic oxidation sites excluding steroid dienone is 1. The van der Waals surface area contributed by atoms with E-state index < -0.39 is 0 Å². The first-order valence-corrected chi connectivity index (χ1v) is 4.73. The molecule has 0 nitrogen and oxygen atoms in total. The maximum absolute atomic E-state index is 3.46. The van der Waals surface area contributed by atoms with Crippen LogP contribution in [0.2, 0.25) is 0 Å². The Kier molecular flexibility index (Phi) is 1.82. The van der Waals surface area contributed by atoms with E-state index in [1.807, 2.05) is 0 Å². The lowest BCUT2D eigenvalue weighted by Crippen LogP contribution is -1.93. The summed E-state index contributed by atoms with van der Waals surface area (Å²) in [6, 6.07) is 8.45. The van der Waals surface area contributed by atoms with Crippen molar-refractivity contribution in [3.05, 3.63) is 47.4 Å². The Morgan fingerprint density at radius 2 is 1.91 bits per heavy atom. The SMILES string of the molecule is BrC[C]1C=Cc2ccccc21. The summed E-state index contributed by atoms with van der Waals surface area (Å²) >= 11 is 3.46. The largest absolute Gasteiger partial charge is 0.0914 e. The smallest absolute Gasteiger partial charge is 0.0378 e. The Hall–Kier alpha value is -0.560. The van der Waals surface area contributed by atoms with Crippen LogP contribution in [0.3, 0.4) is 0 Å². The fraction of sp³-hybridized carbons (Fsp3) is 0.100. The maximum Gasteiger partial charge on any atom is 0.0378 e. The van der Waals surface area contributed by atoms with Gasteiger partial charge in [-0.3, -0.25) is 0 Å². The standard InChI is InChI=1S/C10H8Br/c11-7-9-6-5-8-3-1-2-4-10(8)9/h1-6H,7H2. The molecule has 0 aromatic heterocycles. The van der Waals surface area contributed by atoms with Gasteiger partial charge in [0.2, 0.25) is 0 Å². The van der Waals surface area contributed by atoms with Crippen LogP contribution < -0.4 is 0 Å². The Morgan fingerprint density at radius 1 is 1.09 bits per heavy atom. The summed E-state index contributed by atoms with van der Waals surface area (Å²) in [5.74, 6) is 1.38. The summed E-state index contributed by atoms with van der Waals surface area (Å²) in [5, 5.41) is 0.945. The number of hydrogen-bond acceptors (Lipinski definition) is 0. The number of halogens is 1. The van der Waals surface area contributed by atoms with Crippen molar-refractivity contribution in [3.8, 4) is 0 Å². The lowest BCUT2D eigenvalue weighted by Gasteiger charge is -2.04. The van der Waals surface area contributed by atoms with Gasteiger partial charge in [-0.1, -0.05) is 52.3 Å². The first kappa shape index (κ1) is 7.11. The number of benzene rings is 1. The van der Waals surface area contributed by atoms with Crippen molar-refractivity contribution < 1.29 is 0 Å². The van der Waals surface area contributed by atoms with Crippen LogP contribution in [0.4, 0.5) is 0 Å². The number of hydrogen-bond donors (Lipinski definition) is 0. The highest BCUT2D eigenvalue weighted by molar-refractivity contribution is 9.09. The highest BCUT2D eigenvalue weighted by atomic mass is 79.9. The Labute approximate surface area is 75.1 Å². The lowest BCUT2D eigenvalue weighted by molar-refractivity contribution is 1.31. The van der Waals surface area contributed by atoms with Gasteiger partial charge in [0, 0.05) is 11.2 Å². The van der Waals surface area contributed by atoms with Crippen LogP contribution in [0.15, 0.2) is 30.3 Å². The van der Waals surface area contributed by atoms with Crippen molar-refractivity contribution in [1.29, 1.82) is 0 Å². The molecule has 0 saturated heterocycles. The molecular formula is C10H8Br. The van der Waals surface area contributed by atoms with Gasteiger partial charge in [0.15, 0.2) is 0 Å². The molecule has 55 valence electrons. The zero-order valence-corrected chi connectivity index (χ0v) is 7.64. The fourth-order valence-corrected chi connectivity index (χ4v) is 1.82. The molecule has 0 bridgehead atoms. The summed E-state index contributed by atoms with van der Waals surface area (Å²) in [6.07, 6.45) is 4.32. The summed E-state index contributed by atoms with van der Waals surface area (Å²) in [5.41, 5.74) is 2.70. The Bertz CT molecular complexity index is 289. The molecule has 0 atom stereocenters. The molecule has 1 aliphatic carbocycles. The molecule has 0 spiro atoms. The van der Waals surface area contributed by atoms with Crippen LogP contribution in [0.5, 0.6) is 0 Å². The lowest BCUT2D eigenvalue weighted by atomic mass is 10.0. The van der Waals surface area contributed by atoms with Gasteiger partial charge in [-0.25, -0.2) is 0 Å². The van der Waals surface area contributed by atoms with Crippen LogP contribution in [0, 0.1) is 5.92 Å². The van der Waals surface area contributed by atoms with Gasteiger partial charge in [-0.05, 0) is 11.1 Å². The summed E-state index contributed by atoms with van der Waals surface area (Å²) in [6.45, 7) is 0. The van der Waals surface area contributed by atoms with Gasteiger partial charge in [0.1, 0.15) is 0 Å². The van der Waals surface area contributed by atoms with Gasteiger partial charge >= 0.3 is 0 Å². The quantitative estimate of drug-likeness (QED) is 0.622. The third kappa shape index (κ3) is 1.14. The van der Waals surface area contributed by atoms with E-state index in [1.54, 1.807) is 0 Å². The van der Waals surface area contributed by atoms with Crippen LogP contribution in [0.1, 0.15) is 11.1 Å². The second-order valence-corrected chi connectivity index (χ2v) is 3.14. The summed E-state index contributed by atoms with van der Waals surface area (Å²) < 4.78 is 0. The van der Waals surface area contributed by atoms with Crippen molar-refractivity contribution in [3.63, 3.8) is 0 Å². The normalized spacial score (nSPS) is 15.4. The average molecular weight is 208 g/mol. The molecule has 1 heteroatoms. The van der Waals surface area contributed by atoms with E-state index >= 15 is 0 Å². The van der Waals surface area contributed by atoms with Crippen molar-refractivity contribution in [2.75, 3.05) is 5.33 Å². The van der Waals surface area contributed by atoms with Crippen LogP contribution in [0.25, 0.3) is 6.08 Å². The van der Waals surface area contributed by atoms with E-state index in [0.29, 0.717) is 0 Å². The van der Waals surface area contributed by atoms with E-state index in [9.17, 15) is 0 Å². The molecule has 1 aliphatic rings. The highest BCUT2D eigenvalue weighted by Gasteiger charge is 2.14. The predicted octanol–water partition coefficient (Wildman–Crippen LogP) is 3.03. The molecule has 0 amide bonds. The highest BCUT2D eigenvalue weighted by Crippen LogP contribution is 2.29. The minimum Gasteiger partial charge on any atom is -0.0914 e. The first-order valence-electron chi connectivity index (χ1n) is 3.61. The number of fused-ring (bicyclic) bond motifs is 1. The van der Waals surface area contributed by atoms with Crippen LogP contribution >= 0.6 is 15.9 Å². The van der Waals surface area contributed by atoms with Gasteiger partial charge < -0.3 is 0 Å². The first-order chi connectivity index (χ1) is 5.42. The van der Waals surface area contributed by atoms with Gasteiger partial charge in [0.25, 0.3) is 0 Å². The van der Waals surface area contributed by atoms with Crippen LogP contribution in [-0.4, -0.2) is 5.33 Å². The second kappa shape index (κ2) is 2.82. The zero-order chi connectivity index (χ0) is 7.68. The third-order valence-electron chi connectivity index (χ3n) is 1.91. The molecule has 0 aliphatic heterocycles. The van der Waals surface area contributed by atoms with Gasteiger partial charge in [-0.2, -0.15) is 0 Å². The fourth-order valence-electron chi connectivity index (χ4n) is 1.33. The Morgan fingerprint density at radius 3 is 2.73 bits per heavy atom. The van der Waals surface area contributed by atoms with Crippen molar-refractivity contribution in [2.45, 2.75) is 0 Å². The van der Waals surface area contributed by atoms with E-state index in [-0.39, 0.29) is 0 Å². The molecule has 0 unspecified atom stereocenters. The van der Waals surface area contributed by atoms with Crippen molar-refractivity contribution in [1.82, 2.24) is 0 Å². The average Bonchev–Trinajstić information content (AvgIpc) is 2.47. The summed E-state index contributed by atoms with van der Waals surface area (Å²) in [4.78, 5) is 0. The molecule has 2 rings (SSSR count). The molecular weight excluding hydrogens is 200 g/mol. The topological polar surface area (TPSA) is 0 Å². The van der Waals surface area contributed by atoms with E-state index in [1.165, 1.54) is 17.0 Å². The van der Waals surface area contributed by atoms with Crippen molar-refractivity contribution in [2.24, 2.45) is 0 Å². The minimum absolute atomic E-state index is 0.945. The molecule has 1 aromatic carbocycles. The van der Waals surface area contributed by atoms with E-state index in [0.717, 1.165) is 5.33 Å². The third-order valence-corrected chi connectivity index (χ3v) is 2.52. The van der Waals surface area contributed by atoms with Gasteiger partial charge in [-0.15, -0.1) is 0 Å². The van der Waals surface area contributed by atoms with Crippen molar-refractivity contribution >= 4 is 22.0 Å².